The van der Waals surface area contributed by atoms with Crippen molar-refractivity contribution in [2.45, 2.75) is 26.0 Å². The zero-order chi connectivity index (χ0) is 18.4. The Morgan fingerprint density at radius 1 is 1.15 bits per heavy atom. The largest absolute Gasteiger partial charge is 0.391 e. The Labute approximate surface area is 154 Å². The molecule has 5 heteroatoms. The summed E-state index contributed by atoms with van der Waals surface area (Å²) in [5.41, 5.74) is 3.12. The Kier molecular flexibility index (Phi) is 6.26. The minimum absolute atomic E-state index is 0.00783. The summed E-state index contributed by atoms with van der Waals surface area (Å²) in [5, 5.41) is 10.2. The first-order chi connectivity index (χ1) is 12.7. The number of amides is 1. The van der Waals surface area contributed by atoms with E-state index in [9.17, 15) is 9.90 Å². The fourth-order valence-corrected chi connectivity index (χ4v) is 3.08. The average molecular weight is 354 g/mol. The lowest BCUT2D eigenvalue weighted by Crippen LogP contribution is -2.41. The highest BCUT2D eigenvalue weighted by Crippen LogP contribution is 2.24. The molecule has 1 aliphatic rings. The van der Waals surface area contributed by atoms with Crippen molar-refractivity contribution < 1.29 is 14.6 Å². The fourth-order valence-electron chi connectivity index (χ4n) is 3.08. The second kappa shape index (κ2) is 8.83. The van der Waals surface area contributed by atoms with Gasteiger partial charge in [-0.05, 0) is 36.2 Å². The molecule has 1 N–H and O–H groups in total. The van der Waals surface area contributed by atoms with Crippen LogP contribution in [0.4, 0.5) is 11.4 Å². The SMILES string of the molecule is CC[C@H](O)CN(Cc1ccccc1)c1ccc(N2CCOCC2=O)cc1. The molecule has 1 fully saturated rings. The standard InChI is InChI=1S/C21H26N2O3/c1-2-20(24)15-22(14-17-6-4-3-5-7-17)18-8-10-19(11-9-18)23-12-13-26-16-21(23)25/h3-11,20,24H,2,12-16H2,1H3/t20-/m0/s1. The Bertz CT molecular complexity index is 703. The van der Waals surface area contributed by atoms with E-state index in [1.807, 2.05) is 49.4 Å². The molecule has 1 atom stereocenters. The first-order valence-electron chi connectivity index (χ1n) is 9.12. The van der Waals surface area contributed by atoms with Crippen molar-refractivity contribution in [2.24, 2.45) is 0 Å². The highest BCUT2D eigenvalue weighted by molar-refractivity contribution is 5.95. The van der Waals surface area contributed by atoms with E-state index in [-0.39, 0.29) is 18.6 Å². The molecule has 0 saturated carbocycles. The summed E-state index contributed by atoms with van der Waals surface area (Å²) in [5.74, 6) is -0.00783. The summed E-state index contributed by atoms with van der Waals surface area (Å²) in [6.45, 7) is 4.58. The maximum absolute atomic E-state index is 12.0. The van der Waals surface area contributed by atoms with Gasteiger partial charge in [-0.3, -0.25) is 4.79 Å². The normalized spacial score (nSPS) is 15.8. The number of aliphatic hydroxyl groups excluding tert-OH is 1. The number of carbonyl (C=O) groups is 1. The van der Waals surface area contributed by atoms with E-state index in [4.69, 9.17) is 4.74 Å². The van der Waals surface area contributed by atoms with Crippen LogP contribution in [0.5, 0.6) is 0 Å². The van der Waals surface area contributed by atoms with Crippen molar-refractivity contribution in [3.8, 4) is 0 Å². The third kappa shape index (κ3) is 4.62. The van der Waals surface area contributed by atoms with Crippen LogP contribution in [0, 0.1) is 0 Å². The monoisotopic (exact) mass is 354 g/mol. The second-order valence-corrected chi connectivity index (χ2v) is 6.54. The zero-order valence-corrected chi connectivity index (χ0v) is 15.2. The molecule has 5 nitrogen and oxygen atoms in total. The van der Waals surface area contributed by atoms with Crippen molar-refractivity contribution in [1.29, 1.82) is 0 Å². The molecule has 138 valence electrons. The smallest absolute Gasteiger partial charge is 0.253 e. The lowest BCUT2D eigenvalue weighted by atomic mass is 10.1. The molecule has 2 aromatic rings. The molecular formula is C21H26N2O3. The van der Waals surface area contributed by atoms with E-state index >= 15 is 0 Å². The first-order valence-corrected chi connectivity index (χ1v) is 9.12. The van der Waals surface area contributed by atoms with Crippen molar-refractivity contribution in [3.63, 3.8) is 0 Å². The van der Waals surface area contributed by atoms with Gasteiger partial charge >= 0.3 is 0 Å². The van der Waals surface area contributed by atoms with Crippen LogP contribution in [0.3, 0.4) is 0 Å². The van der Waals surface area contributed by atoms with Gasteiger partial charge in [-0.1, -0.05) is 37.3 Å². The van der Waals surface area contributed by atoms with E-state index in [1.54, 1.807) is 4.90 Å². The van der Waals surface area contributed by atoms with Gasteiger partial charge in [0, 0.05) is 31.0 Å². The number of hydrogen-bond donors (Lipinski definition) is 1. The van der Waals surface area contributed by atoms with Gasteiger partial charge in [0.05, 0.1) is 12.7 Å². The third-order valence-corrected chi connectivity index (χ3v) is 4.63. The van der Waals surface area contributed by atoms with E-state index < -0.39 is 0 Å². The molecule has 0 unspecified atom stereocenters. The molecule has 26 heavy (non-hydrogen) atoms. The molecule has 3 rings (SSSR count). The number of carbonyl (C=O) groups excluding carboxylic acids is 1. The summed E-state index contributed by atoms with van der Waals surface area (Å²) in [7, 11) is 0. The van der Waals surface area contributed by atoms with Gasteiger partial charge in [0.15, 0.2) is 0 Å². The van der Waals surface area contributed by atoms with Gasteiger partial charge in [-0.2, -0.15) is 0 Å². The van der Waals surface area contributed by atoms with E-state index in [2.05, 4.69) is 17.0 Å². The maximum Gasteiger partial charge on any atom is 0.253 e. The van der Waals surface area contributed by atoms with Crippen LogP contribution in [0.25, 0.3) is 0 Å². The minimum atomic E-state index is -0.376. The van der Waals surface area contributed by atoms with Crippen LogP contribution in [-0.4, -0.2) is 43.4 Å². The first kappa shape index (κ1) is 18.4. The molecule has 0 aliphatic carbocycles. The van der Waals surface area contributed by atoms with Crippen molar-refractivity contribution in [2.75, 3.05) is 36.1 Å². The van der Waals surface area contributed by atoms with Gasteiger partial charge in [0.1, 0.15) is 6.61 Å². The van der Waals surface area contributed by atoms with Crippen LogP contribution < -0.4 is 9.80 Å². The topological polar surface area (TPSA) is 53.0 Å². The van der Waals surface area contributed by atoms with Crippen LogP contribution in [0.1, 0.15) is 18.9 Å². The minimum Gasteiger partial charge on any atom is -0.391 e. The molecule has 1 amide bonds. The summed E-state index contributed by atoms with van der Waals surface area (Å²) in [4.78, 5) is 15.9. The van der Waals surface area contributed by atoms with Gasteiger partial charge in [0.25, 0.3) is 5.91 Å². The maximum atomic E-state index is 12.0. The summed E-state index contributed by atoms with van der Waals surface area (Å²) < 4.78 is 5.19. The van der Waals surface area contributed by atoms with E-state index in [0.29, 0.717) is 26.1 Å². The molecule has 1 saturated heterocycles. The fraction of sp³-hybridized carbons (Fsp3) is 0.381. The summed E-state index contributed by atoms with van der Waals surface area (Å²) >= 11 is 0. The number of ether oxygens (including phenoxy) is 1. The van der Waals surface area contributed by atoms with Crippen molar-refractivity contribution in [1.82, 2.24) is 0 Å². The lowest BCUT2D eigenvalue weighted by molar-refractivity contribution is -0.125. The summed E-state index contributed by atoms with van der Waals surface area (Å²) in [6.07, 6.45) is 0.338. The average Bonchev–Trinajstić information content (AvgIpc) is 2.69. The number of benzene rings is 2. The predicted molar refractivity (Wildman–Crippen MR) is 103 cm³/mol. The number of aliphatic hydroxyl groups is 1. The number of nitrogens with zero attached hydrogens (tertiary/aromatic N) is 2. The van der Waals surface area contributed by atoms with Crippen LogP contribution in [0.15, 0.2) is 54.6 Å². The highest BCUT2D eigenvalue weighted by atomic mass is 16.5. The molecule has 1 heterocycles. The molecular weight excluding hydrogens is 328 g/mol. The highest BCUT2D eigenvalue weighted by Gasteiger charge is 2.20. The van der Waals surface area contributed by atoms with Gasteiger partial charge in [-0.25, -0.2) is 0 Å². The molecule has 1 aliphatic heterocycles. The molecule has 0 bridgehead atoms. The number of hydrogen-bond acceptors (Lipinski definition) is 4. The number of rotatable bonds is 7. The van der Waals surface area contributed by atoms with Gasteiger partial charge in [0.2, 0.25) is 0 Å². The zero-order valence-electron chi connectivity index (χ0n) is 15.2. The molecule has 0 spiro atoms. The van der Waals surface area contributed by atoms with Gasteiger partial charge < -0.3 is 19.6 Å². The van der Waals surface area contributed by atoms with E-state index in [0.717, 1.165) is 17.9 Å². The molecule has 2 aromatic carbocycles. The Balaban J connectivity index is 1.78. The number of morpholine rings is 1. The van der Waals surface area contributed by atoms with Crippen molar-refractivity contribution >= 4 is 17.3 Å². The lowest BCUT2D eigenvalue weighted by Gasteiger charge is -2.29. The quantitative estimate of drug-likeness (QED) is 0.831. The third-order valence-electron chi connectivity index (χ3n) is 4.63. The molecule has 0 aromatic heterocycles. The second-order valence-electron chi connectivity index (χ2n) is 6.54. The Morgan fingerprint density at radius 2 is 1.88 bits per heavy atom. The number of anilines is 2. The predicted octanol–water partition coefficient (Wildman–Crippen LogP) is 2.83. The van der Waals surface area contributed by atoms with Crippen LogP contribution in [-0.2, 0) is 16.1 Å². The Hall–Kier alpha value is -2.37. The Morgan fingerprint density at radius 3 is 2.54 bits per heavy atom. The van der Waals surface area contributed by atoms with Crippen molar-refractivity contribution in [3.05, 3.63) is 60.2 Å². The van der Waals surface area contributed by atoms with Crippen LogP contribution >= 0.6 is 0 Å². The van der Waals surface area contributed by atoms with Crippen LogP contribution in [0.2, 0.25) is 0 Å². The van der Waals surface area contributed by atoms with Gasteiger partial charge in [-0.15, -0.1) is 0 Å². The van der Waals surface area contributed by atoms with E-state index in [1.165, 1.54) is 5.56 Å². The summed E-state index contributed by atoms with van der Waals surface area (Å²) in [6, 6.07) is 18.2. The molecule has 0 radical (unpaired) electrons.